The standard InChI is InChI=1S/C40H46N6O9S2/c1-39(2,3)55-38(49)45-29(21-57-56-6)37(48)54-33-32(47)30(53-36(33)46-23-44-31-34(41)42-22-43-35(31)46)20-52-40(24-10-8-7-9-11-24,25-12-16-27(50-4)17-13-25)26-14-18-28(51-5)19-15-26/h7-19,22-23,29-30,32-33,36,47H,20-21H2,1-6H3,(H,45,49)(H2,41,42,43)/t29?,30-,32-,33-,36-/m1/s1. The van der Waals surface area contributed by atoms with E-state index in [0.29, 0.717) is 22.7 Å². The number of nitrogen functional groups attached to an aromatic ring is 1. The van der Waals surface area contributed by atoms with Crippen LogP contribution in [0, 0.1) is 0 Å². The molecule has 5 atom stereocenters. The highest BCUT2D eigenvalue weighted by Gasteiger charge is 2.50. The third-order valence-corrected chi connectivity index (χ3v) is 11.0. The van der Waals surface area contributed by atoms with Gasteiger partial charge < -0.3 is 44.6 Å². The van der Waals surface area contributed by atoms with E-state index in [2.05, 4.69) is 20.3 Å². The zero-order valence-corrected chi connectivity index (χ0v) is 34.0. The first-order valence-corrected chi connectivity index (χ1v) is 20.7. The summed E-state index contributed by atoms with van der Waals surface area (Å²) in [5.74, 6) is 0.791. The molecule has 1 aliphatic rings. The summed E-state index contributed by atoms with van der Waals surface area (Å²) in [6, 6.07) is 23.6. The monoisotopic (exact) mass is 818 g/mol. The molecule has 0 saturated carbocycles. The van der Waals surface area contributed by atoms with Crippen LogP contribution in [-0.4, -0.2) is 99.5 Å². The Morgan fingerprint density at radius 3 is 2.12 bits per heavy atom. The van der Waals surface area contributed by atoms with Gasteiger partial charge in [-0.15, -0.1) is 0 Å². The minimum Gasteiger partial charge on any atom is -0.497 e. The molecular formula is C40H46N6O9S2. The molecule has 1 aliphatic heterocycles. The number of amides is 1. The number of methoxy groups -OCH3 is 2. The molecule has 4 N–H and O–H groups in total. The molecule has 0 bridgehead atoms. The minimum absolute atomic E-state index is 0.132. The Morgan fingerprint density at radius 1 is 0.930 bits per heavy atom. The minimum atomic E-state index is -1.44. The largest absolute Gasteiger partial charge is 0.497 e. The van der Waals surface area contributed by atoms with Crippen molar-refractivity contribution in [3.05, 3.63) is 108 Å². The number of hydrogen-bond acceptors (Lipinski definition) is 15. The molecule has 1 saturated heterocycles. The van der Waals surface area contributed by atoms with Crippen LogP contribution < -0.4 is 20.5 Å². The van der Waals surface area contributed by atoms with Crippen LogP contribution in [0.1, 0.15) is 43.7 Å². The van der Waals surface area contributed by atoms with Crippen LogP contribution in [0.4, 0.5) is 10.6 Å². The van der Waals surface area contributed by atoms with Gasteiger partial charge in [0.05, 0.1) is 27.2 Å². The number of esters is 1. The van der Waals surface area contributed by atoms with Crippen molar-refractivity contribution in [2.75, 3.05) is 38.6 Å². The normalized spacial score (nSPS) is 18.9. The molecular weight excluding hydrogens is 773 g/mol. The van der Waals surface area contributed by atoms with Crippen LogP contribution in [0.25, 0.3) is 11.2 Å². The summed E-state index contributed by atoms with van der Waals surface area (Å²) in [6.07, 6.45) is -1.22. The number of alkyl carbamates (subject to hydrolysis) is 1. The smallest absolute Gasteiger partial charge is 0.408 e. The SMILES string of the molecule is COc1ccc(C(OC[C@H]2O[C@@H](n3cnc4c(N)ncnc43)[C@H](OC(=O)C(CSSC)NC(=O)OC(C)(C)C)[C@@H]2O)(c2ccccc2)c2ccc(OC)cc2)cc1. The number of benzene rings is 3. The van der Waals surface area contributed by atoms with E-state index < -0.39 is 53.8 Å². The predicted molar refractivity (Wildman–Crippen MR) is 217 cm³/mol. The summed E-state index contributed by atoms with van der Waals surface area (Å²) in [5.41, 5.74) is 6.98. The Morgan fingerprint density at radius 2 is 1.54 bits per heavy atom. The van der Waals surface area contributed by atoms with E-state index in [0.717, 1.165) is 16.7 Å². The van der Waals surface area contributed by atoms with Crippen molar-refractivity contribution in [2.24, 2.45) is 0 Å². The second-order valence-electron chi connectivity index (χ2n) is 14.0. The Kier molecular flexibility index (Phi) is 13.1. The lowest BCUT2D eigenvalue weighted by Gasteiger charge is -2.37. The Hall–Kier alpha value is -5.07. The molecule has 6 rings (SSSR count). The number of carbonyl (C=O) groups is 2. The number of hydrogen-bond donors (Lipinski definition) is 3. The number of rotatable bonds is 15. The lowest BCUT2D eigenvalue weighted by molar-refractivity contribution is -0.160. The molecule has 17 heteroatoms. The van der Waals surface area contributed by atoms with Gasteiger partial charge >= 0.3 is 12.1 Å². The van der Waals surface area contributed by atoms with Gasteiger partial charge in [-0.05, 0) is 68.0 Å². The van der Waals surface area contributed by atoms with Crippen LogP contribution in [0.2, 0.25) is 0 Å². The fourth-order valence-electron chi connectivity index (χ4n) is 6.52. The van der Waals surface area contributed by atoms with E-state index in [1.807, 2.05) is 85.1 Å². The molecule has 1 amide bonds. The summed E-state index contributed by atoms with van der Waals surface area (Å²) >= 11 is 0. The van der Waals surface area contributed by atoms with E-state index in [1.54, 1.807) is 35.0 Å². The fourth-order valence-corrected chi connectivity index (χ4v) is 7.82. The predicted octanol–water partition coefficient (Wildman–Crippen LogP) is 5.51. The average molecular weight is 819 g/mol. The maximum atomic E-state index is 14.0. The van der Waals surface area contributed by atoms with Gasteiger partial charge in [-0.1, -0.05) is 76.2 Å². The fraction of sp³-hybridized carbons (Fsp3) is 0.375. The summed E-state index contributed by atoms with van der Waals surface area (Å²) in [5, 5.41) is 14.7. The van der Waals surface area contributed by atoms with Crippen molar-refractivity contribution in [1.29, 1.82) is 0 Å². The number of aliphatic hydroxyl groups is 1. The van der Waals surface area contributed by atoms with E-state index in [4.69, 9.17) is 34.2 Å². The number of imidazole rings is 1. The third kappa shape index (κ3) is 9.23. The first-order chi connectivity index (χ1) is 27.4. The van der Waals surface area contributed by atoms with Crippen molar-refractivity contribution in [3.8, 4) is 11.5 Å². The summed E-state index contributed by atoms with van der Waals surface area (Å²) in [7, 11) is 5.95. The molecule has 15 nitrogen and oxygen atoms in total. The lowest BCUT2D eigenvalue weighted by Crippen LogP contribution is -2.48. The number of nitrogens with one attached hydrogen (secondary N) is 1. The number of anilines is 1. The van der Waals surface area contributed by atoms with E-state index in [1.165, 1.54) is 38.8 Å². The molecule has 0 aliphatic carbocycles. The van der Waals surface area contributed by atoms with Crippen molar-refractivity contribution in [2.45, 2.75) is 62.6 Å². The average Bonchev–Trinajstić information content (AvgIpc) is 3.77. The maximum Gasteiger partial charge on any atom is 0.408 e. The number of carbonyl (C=O) groups excluding carboxylic acids is 2. The topological polar surface area (TPSA) is 191 Å². The molecule has 0 radical (unpaired) electrons. The molecule has 2 aromatic heterocycles. The summed E-state index contributed by atoms with van der Waals surface area (Å²) in [6.45, 7) is 4.97. The zero-order chi connectivity index (χ0) is 40.7. The van der Waals surface area contributed by atoms with Crippen LogP contribution in [0.5, 0.6) is 11.5 Å². The Labute approximate surface area is 338 Å². The van der Waals surface area contributed by atoms with Gasteiger partial charge in [0.25, 0.3) is 0 Å². The highest BCUT2D eigenvalue weighted by Crippen LogP contribution is 2.43. The molecule has 3 heterocycles. The number of fused-ring (bicyclic) bond motifs is 1. The molecule has 1 unspecified atom stereocenters. The van der Waals surface area contributed by atoms with Crippen molar-refractivity contribution < 1.29 is 43.1 Å². The quantitative estimate of drug-likeness (QED) is 0.0681. The Bertz CT molecular complexity index is 2070. The van der Waals surface area contributed by atoms with Crippen molar-refractivity contribution in [3.63, 3.8) is 0 Å². The molecule has 5 aromatic rings. The zero-order valence-electron chi connectivity index (χ0n) is 32.4. The molecule has 0 spiro atoms. The van der Waals surface area contributed by atoms with Crippen LogP contribution in [0.15, 0.2) is 91.5 Å². The highest BCUT2D eigenvalue weighted by molar-refractivity contribution is 8.76. The molecule has 302 valence electrons. The molecule has 1 fully saturated rings. The molecule has 3 aromatic carbocycles. The number of aliphatic hydroxyl groups excluding tert-OH is 1. The van der Waals surface area contributed by atoms with Crippen molar-refractivity contribution >= 4 is 50.6 Å². The lowest BCUT2D eigenvalue weighted by atomic mass is 9.80. The van der Waals surface area contributed by atoms with Gasteiger partial charge in [0.1, 0.15) is 52.8 Å². The number of ether oxygens (including phenoxy) is 6. The second-order valence-corrected chi connectivity index (χ2v) is 16.6. The summed E-state index contributed by atoms with van der Waals surface area (Å²) < 4.78 is 37.6. The maximum absolute atomic E-state index is 14.0. The molecule has 57 heavy (non-hydrogen) atoms. The van der Waals surface area contributed by atoms with E-state index >= 15 is 0 Å². The number of aromatic nitrogens is 4. The van der Waals surface area contributed by atoms with Gasteiger partial charge in [-0.25, -0.2) is 24.5 Å². The van der Waals surface area contributed by atoms with E-state index in [9.17, 15) is 14.7 Å². The van der Waals surface area contributed by atoms with Gasteiger partial charge in [0, 0.05) is 5.75 Å². The van der Waals surface area contributed by atoms with Gasteiger partial charge in [-0.3, -0.25) is 4.57 Å². The van der Waals surface area contributed by atoms with Gasteiger partial charge in [-0.2, -0.15) is 0 Å². The number of nitrogens with zero attached hydrogens (tertiary/aromatic N) is 4. The first-order valence-electron chi connectivity index (χ1n) is 18.0. The summed E-state index contributed by atoms with van der Waals surface area (Å²) in [4.78, 5) is 39.6. The van der Waals surface area contributed by atoms with Crippen LogP contribution in [0.3, 0.4) is 0 Å². The van der Waals surface area contributed by atoms with Crippen LogP contribution in [-0.2, 0) is 29.3 Å². The van der Waals surface area contributed by atoms with Gasteiger partial charge in [0.2, 0.25) is 0 Å². The van der Waals surface area contributed by atoms with Gasteiger partial charge in [0.15, 0.2) is 23.8 Å². The van der Waals surface area contributed by atoms with Crippen molar-refractivity contribution in [1.82, 2.24) is 24.8 Å². The Balaban J connectivity index is 1.38. The highest BCUT2D eigenvalue weighted by atomic mass is 33.1. The number of nitrogens with two attached hydrogens (primary N) is 1. The second kappa shape index (κ2) is 18.0. The first kappa shape index (κ1) is 41.6. The van der Waals surface area contributed by atoms with E-state index in [-0.39, 0.29) is 18.2 Å². The third-order valence-electron chi connectivity index (χ3n) is 9.19. The van der Waals surface area contributed by atoms with Crippen LogP contribution >= 0.6 is 21.6 Å².